The highest BCUT2D eigenvalue weighted by Gasteiger charge is 1.93. The van der Waals surface area contributed by atoms with Crippen LogP contribution in [-0.2, 0) is 0 Å². The highest BCUT2D eigenvalue weighted by Crippen LogP contribution is 2.07. The maximum atomic E-state index is 12.5. The first-order valence-corrected chi connectivity index (χ1v) is 6.26. The van der Waals surface area contributed by atoms with Crippen molar-refractivity contribution in [3.63, 3.8) is 0 Å². The van der Waals surface area contributed by atoms with Crippen LogP contribution in [0.1, 0.15) is 38.3 Å². The molecule has 0 heterocycles. The van der Waals surface area contributed by atoms with Crippen LogP contribution in [0.2, 0.25) is 0 Å². The van der Waals surface area contributed by atoms with Crippen LogP contribution in [0.5, 0.6) is 0 Å². The van der Waals surface area contributed by atoms with Crippen molar-refractivity contribution < 1.29 is 8.78 Å². The third-order valence-corrected chi connectivity index (χ3v) is 2.17. The second-order valence-corrected chi connectivity index (χ2v) is 3.90. The fraction of sp³-hybridized carbons (Fsp3) is 0.538. The molecule has 1 aromatic carbocycles. The van der Waals surface area contributed by atoms with Gasteiger partial charge in [0.1, 0.15) is 11.7 Å². The number of halogens is 2. The summed E-state index contributed by atoms with van der Waals surface area (Å²) in [6.07, 6.45) is 0.602. The van der Waals surface area contributed by atoms with Crippen molar-refractivity contribution in [2.24, 2.45) is 0 Å². The van der Waals surface area contributed by atoms with Crippen LogP contribution in [0.15, 0.2) is 18.2 Å². The third kappa shape index (κ3) is 10.0. The Bertz CT molecular complexity index is 273. The van der Waals surface area contributed by atoms with E-state index in [2.05, 4.69) is 9.24 Å². The fourth-order valence-electron chi connectivity index (χ4n) is 0.795. The lowest BCUT2D eigenvalue weighted by molar-refractivity contribution is 0.442. The van der Waals surface area contributed by atoms with Crippen molar-refractivity contribution in [2.45, 2.75) is 47.0 Å². The molecular weight excluding hydrogens is 225 g/mol. The fourth-order valence-corrected chi connectivity index (χ4v) is 0.795. The summed E-state index contributed by atoms with van der Waals surface area (Å²) in [5, 5.41) is 0. The molecule has 0 saturated heterocycles. The lowest BCUT2D eigenvalue weighted by Crippen LogP contribution is -1.81. The van der Waals surface area contributed by atoms with E-state index < -0.39 is 5.91 Å². The molecule has 0 saturated carbocycles. The van der Waals surface area contributed by atoms with Crippen molar-refractivity contribution in [3.8, 4) is 0 Å². The molecule has 0 aliphatic rings. The largest absolute Gasteiger partial charge is 0.243 e. The quantitative estimate of drug-likeness (QED) is 0.611. The summed E-state index contributed by atoms with van der Waals surface area (Å²) in [6.45, 7) is 9.52. The smallest absolute Gasteiger partial charge is 0.126 e. The zero-order valence-corrected chi connectivity index (χ0v) is 12.0. The van der Waals surface area contributed by atoms with Gasteiger partial charge >= 0.3 is 0 Å². The number of alkyl halides is 1. The van der Waals surface area contributed by atoms with Crippen molar-refractivity contribution in [3.05, 3.63) is 35.1 Å². The van der Waals surface area contributed by atoms with Gasteiger partial charge in [-0.1, -0.05) is 38.5 Å². The molecule has 2 unspecified atom stereocenters. The van der Waals surface area contributed by atoms with E-state index in [4.69, 9.17) is 0 Å². The summed E-state index contributed by atoms with van der Waals surface area (Å²) in [5.74, 6) is -0.824. The topological polar surface area (TPSA) is 0 Å². The first-order chi connectivity index (χ1) is 7.47. The Labute approximate surface area is 101 Å². The first kappa shape index (κ1) is 17.9. The highest BCUT2D eigenvalue weighted by atomic mass is 31.0. The molecule has 0 bridgehead atoms. The van der Waals surface area contributed by atoms with Crippen molar-refractivity contribution in [1.29, 1.82) is 0 Å². The number of hydrogen-bond acceptors (Lipinski definition) is 0. The van der Waals surface area contributed by atoms with Gasteiger partial charge in [0.05, 0.1) is 0 Å². The number of rotatable bonds is 1. The molecule has 0 spiro atoms. The standard InChI is InChI=1S/C8H9F.C3H8FP.C2H6/c1-6-3-4-8(9)7(2)5-6;1-2-3(4)5;1-2/h3-5H,1-2H3;3H,2,5H2,1H3;1-2H3. The summed E-state index contributed by atoms with van der Waals surface area (Å²) in [6, 6.07) is 5.09. The summed E-state index contributed by atoms with van der Waals surface area (Å²) >= 11 is 0. The Hall–Kier alpha value is -0.490. The van der Waals surface area contributed by atoms with Gasteiger partial charge in [-0.25, -0.2) is 8.78 Å². The van der Waals surface area contributed by atoms with Crippen molar-refractivity contribution in [1.82, 2.24) is 0 Å². The van der Waals surface area contributed by atoms with Crippen molar-refractivity contribution in [2.75, 3.05) is 0 Å². The summed E-state index contributed by atoms with van der Waals surface area (Å²) < 4.78 is 23.9. The van der Waals surface area contributed by atoms with E-state index in [9.17, 15) is 8.78 Å². The SMILES string of the molecule is CC.CCC(F)P.Cc1ccc(F)c(C)c1. The van der Waals surface area contributed by atoms with E-state index >= 15 is 0 Å². The molecule has 16 heavy (non-hydrogen) atoms. The van der Waals surface area contributed by atoms with Gasteiger partial charge in [-0.05, 0) is 31.9 Å². The molecule has 1 rings (SSSR count). The highest BCUT2D eigenvalue weighted by molar-refractivity contribution is 7.17. The van der Waals surface area contributed by atoms with Crippen LogP contribution in [0, 0.1) is 19.7 Å². The molecule has 0 aromatic heterocycles. The molecule has 1 aromatic rings. The lowest BCUT2D eigenvalue weighted by Gasteiger charge is -1.95. The average Bonchev–Trinajstić information content (AvgIpc) is 2.27. The van der Waals surface area contributed by atoms with Gasteiger partial charge in [0, 0.05) is 0 Å². The van der Waals surface area contributed by atoms with E-state index in [1.54, 1.807) is 19.9 Å². The predicted molar refractivity (Wildman–Crippen MR) is 72.1 cm³/mol. The molecule has 3 heteroatoms. The predicted octanol–water partition coefficient (Wildman–Crippen LogP) is 5.04. The minimum absolute atomic E-state index is 0.124. The van der Waals surface area contributed by atoms with Crippen LogP contribution < -0.4 is 0 Å². The third-order valence-electron chi connectivity index (χ3n) is 1.70. The van der Waals surface area contributed by atoms with E-state index in [0.29, 0.717) is 6.42 Å². The molecule has 0 amide bonds. The Kier molecular flexibility index (Phi) is 12.3. The van der Waals surface area contributed by atoms with Gasteiger partial charge in [0.15, 0.2) is 0 Å². The number of aryl methyl sites for hydroxylation is 2. The van der Waals surface area contributed by atoms with Gasteiger partial charge in [0.25, 0.3) is 0 Å². The minimum atomic E-state index is -0.699. The molecule has 2 atom stereocenters. The monoisotopic (exact) mass is 248 g/mol. The Morgan fingerprint density at radius 3 is 1.94 bits per heavy atom. The van der Waals surface area contributed by atoms with Gasteiger partial charge in [0.2, 0.25) is 0 Å². The Morgan fingerprint density at radius 1 is 1.25 bits per heavy atom. The van der Waals surface area contributed by atoms with Crippen molar-refractivity contribution >= 4 is 9.24 Å². The van der Waals surface area contributed by atoms with Gasteiger partial charge in [-0.3, -0.25) is 0 Å². The summed E-state index contributed by atoms with van der Waals surface area (Å²) in [4.78, 5) is 0. The normalized spacial score (nSPS) is 10.5. The van der Waals surface area contributed by atoms with E-state index in [1.165, 1.54) is 6.07 Å². The number of benzene rings is 1. The van der Waals surface area contributed by atoms with Gasteiger partial charge in [-0.15, -0.1) is 9.24 Å². The summed E-state index contributed by atoms with van der Waals surface area (Å²) in [7, 11) is 2.07. The van der Waals surface area contributed by atoms with Crippen LogP contribution in [0.4, 0.5) is 8.78 Å². The molecule has 0 N–H and O–H groups in total. The Morgan fingerprint density at radius 2 is 1.69 bits per heavy atom. The zero-order chi connectivity index (χ0) is 13.1. The second kappa shape index (κ2) is 11.0. The van der Waals surface area contributed by atoms with E-state index in [1.807, 2.05) is 26.8 Å². The van der Waals surface area contributed by atoms with E-state index in [0.717, 1.165) is 11.1 Å². The molecule has 0 fully saturated rings. The molecule has 0 aliphatic carbocycles. The van der Waals surface area contributed by atoms with Crippen LogP contribution in [0.3, 0.4) is 0 Å². The maximum Gasteiger partial charge on any atom is 0.126 e. The molecular formula is C13H23F2P. The minimum Gasteiger partial charge on any atom is -0.243 e. The average molecular weight is 248 g/mol. The van der Waals surface area contributed by atoms with Gasteiger partial charge < -0.3 is 0 Å². The number of hydrogen-bond donors (Lipinski definition) is 0. The first-order valence-electron chi connectivity index (χ1n) is 5.59. The second-order valence-electron chi connectivity index (χ2n) is 3.18. The van der Waals surface area contributed by atoms with Gasteiger partial charge in [-0.2, -0.15) is 0 Å². The maximum absolute atomic E-state index is 12.5. The van der Waals surface area contributed by atoms with Crippen LogP contribution in [0.25, 0.3) is 0 Å². The molecule has 0 aliphatic heterocycles. The Balaban J connectivity index is 0. The molecule has 0 nitrogen and oxygen atoms in total. The lowest BCUT2D eigenvalue weighted by atomic mass is 10.1. The van der Waals surface area contributed by atoms with E-state index in [-0.39, 0.29) is 5.82 Å². The zero-order valence-electron chi connectivity index (χ0n) is 10.8. The summed E-state index contributed by atoms with van der Waals surface area (Å²) in [5.41, 5.74) is 1.82. The van der Waals surface area contributed by atoms with Crippen LogP contribution >= 0.6 is 9.24 Å². The van der Waals surface area contributed by atoms with Crippen LogP contribution in [-0.4, -0.2) is 5.91 Å². The molecule has 0 radical (unpaired) electrons. The molecule has 94 valence electrons.